The van der Waals surface area contributed by atoms with Crippen LogP contribution in [0.4, 0.5) is 17.2 Å². The van der Waals surface area contributed by atoms with E-state index in [4.69, 9.17) is 10.5 Å². The van der Waals surface area contributed by atoms with Gasteiger partial charge in [-0.15, -0.1) is 5.11 Å². The number of pyridine rings is 1. The molecule has 0 radical (unpaired) electrons. The lowest BCUT2D eigenvalue weighted by Crippen LogP contribution is -2.16. The lowest BCUT2D eigenvalue weighted by molar-refractivity contribution is -0.144. The molecule has 6 heteroatoms. The van der Waals surface area contributed by atoms with E-state index in [0.29, 0.717) is 23.9 Å². The number of benzene rings is 1. The Balaban J connectivity index is 1.89. The fourth-order valence-corrected chi connectivity index (χ4v) is 2.61. The molecule has 1 unspecified atom stereocenters. The molecular weight excluding hydrogens is 340 g/mol. The lowest BCUT2D eigenvalue weighted by atomic mass is 10.0. The normalized spacial score (nSPS) is 12.2. The molecule has 2 N–H and O–H groups in total. The number of aromatic nitrogens is 1. The third-order valence-electron chi connectivity index (χ3n) is 4.34. The minimum absolute atomic E-state index is 0.102. The predicted molar refractivity (Wildman–Crippen MR) is 107 cm³/mol. The van der Waals surface area contributed by atoms with Crippen molar-refractivity contribution in [2.45, 2.75) is 46.0 Å². The number of hydrogen-bond donors (Lipinski definition) is 1. The molecule has 1 heterocycles. The summed E-state index contributed by atoms with van der Waals surface area (Å²) in [6.45, 7) is 4.76. The van der Waals surface area contributed by atoms with E-state index in [-0.39, 0.29) is 18.2 Å². The average molecular weight is 368 g/mol. The highest BCUT2D eigenvalue weighted by Gasteiger charge is 2.12. The summed E-state index contributed by atoms with van der Waals surface area (Å²) in [6, 6.07) is 12.8. The number of anilines is 1. The zero-order chi connectivity index (χ0) is 19.5. The third-order valence-corrected chi connectivity index (χ3v) is 4.34. The van der Waals surface area contributed by atoms with Crippen LogP contribution in [0.2, 0.25) is 0 Å². The first-order valence-electron chi connectivity index (χ1n) is 9.50. The Kier molecular flexibility index (Phi) is 8.42. The van der Waals surface area contributed by atoms with Gasteiger partial charge in [0, 0.05) is 0 Å². The molecule has 1 aromatic carbocycles. The first kappa shape index (κ1) is 20.6. The quantitative estimate of drug-likeness (QED) is 0.450. The van der Waals surface area contributed by atoms with Gasteiger partial charge in [0.2, 0.25) is 0 Å². The van der Waals surface area contributed by atoms with Crippen LogP contribution in [0.5, 0.6) is 0 Å². The number of carbonyl (C=O) groups is 1. The highest BCUT2D eigenvalue weighted by molar-refractivity contribution is 5.72. The molecule has 0 amide bonds. The summed E-state index contributed by atoms with van der Waals surface area (Å²) in [4.78, 5) is 16.3. The number of carbonyl (C=O) groups excluding carboxylic acids is 1. The number of hydrogen-bond acceptors (Lipinski definition) is 6. The van der Waals surface area contributed by atoms with Crippen LogP contribution in [0.1, 0.15) is 45.2 Å². The Morgan fingerprint density at radius 3 is 2.59 bits per heavy atom. The van der Waals surface area contributed by atoms with E-state index in [9.17, 15) is 4.79 Å². The van der Waals surface area contributed by atoms with E-state index >= 15 is 0 Å². The number of azo groups is 1. The standard InChI is InChI=1S/C21H28N4O2/c1-3-5-9-16(4-2)15-27-20(26)14-18-12-13-19(21(22)23-18)25-24-17-10-7-6-8-11-17/h6-8,10-13,16H,3-5,9,14-15H2,1-2H3,(H2,22,23). The second kappa shape index (κ2) is 11.1. The van der Waals surface area contributed by atoms with E-state index in [2.05, 4.69) is 29.1 Å². The molecule has 1 aromatic heterocycles. The molecule has 2 aromatic rings. The number of nitrogens with zero attached hydrogens (tertiary/aromatic N) is 3. The number of nitrogen functional groups attached to an aromatic ring is 1. The van der Waals surface area contributed by atoms with Gasteiger partial charge in [0.1, 0.15) is 5.69 Å². The van der Waals surface area contributed by atoms with Crippen molar-refractivity contribution in [1.82, 2.24) is 4.98 Å². The Morgan fingerprint density at radius 1 is 1.15 bits per heavy atom. The van der Waals surface area contributed by atoms with Gasteiger partial charge in [-0.1, -0.05) is 51.3 Å². The maximum absolute atomic E-state index is 12.1. The van der Waals surface area contributed by atoms with Gasteiger partial charge in [-0.3, -0.25) is 4.79 Å². The van der Waals surface area contributed by atoms with Gasteiger partial charge in [-0.05, 0) is 36.6 Å². The summed E-state index contributed by atoms with van der Waals surface area (Å²) in [5.41, 5.74) is 7.72. The van der Waals surface area contributed by atoms with Crippen LogP contribution in [-0.4, -0.2) is 17.6 Å². The van der Waals surface area contributed by atoms with Crippen LogP contribution in [0.25, 0.3) is 0 Å². The molecule has 0 aliphatic carbocycles. The van der Waals surface area contributed by atoms with Crippen molar-refractivity contribution in [3.8, 4) is 0 Å². The fourth-order valence-electron chi connectivity index (χ4n) is 2.61. The molecule has 27 heavy (non-hydrogen) atoms. The zero-order valence-electron chi connectivity index (χ0n) is 16.1. The minimum Gasteiger partial charge on any atom is -0.465 e. The van der Waals surface area contributed by atoms with Gasteiger partial charge >= 0.3 is 5.97 Å². The van der Waals surface area contributed by atoms with Crippen LogP contribution >= 0.6 is 0 Å². The van der Waals surface area contributed by atoms with Crippen molar-refractivity contribution in [3.05, 3.63) is 48.2 Å². The van der Waals surface area contributed by atoms with Crippen molar-refractivity contribution < 1.29 is 9.53 Å². The van der Waals surface area contributed by atoms with Gasteiger partial charge < -0.3 is 10.5 Å². The molecule has 0 spiro atoms. The monoisotopic (exact) mass is 368 g/mol. The van der Waals surface area contributed by atoms with Crippen molar-refractivity contribution in [2.75, 3.05) is 12.3 Å². The lowest BCUT2D eigenvalue weighted by Gasteiger charge is -2.14. The van der Waals surface area contributed by atoms with Gasteiger partial charge in [-0.2, -0.15) is 5.11 Å². The van der Waals surface area contributed by atoms with Crippen molar-refractivity contribution in [3.63, 3.8) is 0 Å². The topological polar surface area (TPSA) is 89.9 Å². The second-order valence-electron chi connectivity index (χ2n) is 6.52. The summed E-state index contributed by atoms with van der Waals surface area (Å²) < 4.78 is 5.41. The number of nitrogens with two attached hydrogens (primary N) is 1. The van der Waals surface area contributed by atoms with Crippen LogP contribution in [0.3, 0.4) is 0 Å². The molecule has 0 aliphatic rings. The summed E-state index contributed by atoms with van der Waals surface area (Å²) in [5.74, 6) is 0.387. The molecule has 0 aliphatic heterocycles. The van der Waals surface area contributed by atoms with Gasteiger partial charge in [0.25, 0.3) is 0 Å². The highest BCUT2D eigenvalue weighted by atomic mass is 16.5. The second-order valence-corrected chi connectivity index (χ2v) is 6.52. The Hall–Kier alpha value is -2.76. The summed E-state index contributed by atoms with van der Waals surface area (Å²) in [6.07, 6.45) is 4.52. The van der Waals surface area contributed by atoms with E-state index in [1.807, 2.05) is 30.3 Å². The predicted octanol–water partition coefficient (Wildman–Crippen LogP) is 5.38. The van der Waals surface area contributed by atoms with Crippen molar-refractivity contribution in [2.24, 2.45) is 16.1 Å². The Labute approximate surface area is 160 Å². The van der Waals surface area contributed by atoms with Crippen molar-refractivity contribution in [1.29, 1.82) is 0 Å². The Morgan fingerprint density at radius 2 is 1.93 bits per heavy atom. The molecule has 0 bridgehead atoms. The molecule has 1 atom stereocenters. The van der Waals surface area contributed by atoms with E-state index in [1.54, 1.807) is 12.1 Å². The van der Waals surface area contributed by atoms with Crippen molar-refractivity contribution >= 4 is 23.2 Å². The smallest absolute Gasteiger partial charge is 0.311 e. The zero-order valence-corrected chi connectivity index (χ0v) is 16.1. The Bertz CT molecular complexity index is 747. The van der Waals surface area contributed by atoms with Crippen LogP contribution in [0.15, 0.2) is 52.7 Å². The minimum atomic E-state index is -0.282. The third kappa shape index (κ3) is 7.17. The molecule has 2 rings (SSSR count). The maximum atomic E-state index is 12.1. The summed E-state index contributed by atoms with van der Waals surface area (Å²) >= 11 is 0. The molecule has 0 saturated heterocycles. The maximum Gasteiger partial charge on any atom is 0.311 e. The molecule has 144 valence electrons. The summed E-state index contributed by atoms with van der Waals surface area (Å²) in [7, 11) is 0. The molecular formula is C21H28N4O2. The number of ether oxygens (including phenoxy) is 1. The average Bonchev–Trinajstić information content (AvgIpc) is 2.68. The van der Waals surface area contributed by atoms with E-state index in [0.717, 1.165) is 31.4 Å². The van der Waals surface area contributed by atoms with Gasteiger partial charge in [0.05, 0.1) is 24.4 Å². The number of unbranched alkanes of at least 4 members (excludes halogenated alkanes) is 1. The van der Waals surface area contributed by atoms with Gasteiger partial charge in [-0.25, -0.2) is 4.98 Å². The number of rotatable bonds is 10. The summed E-state index contributed by atoms with van der Waals surface area (Å²) in [5, 5.41) is 8.24. The first-order chi connectivity index (χ1) is 13.1. The van der Waals surface area contributed by atoms with Crippen LogP contribution in [-0.2, 0) is 16.0 Å². The van der Waals surface area contributed by atoms with E-state index in [1.165, 1.54) is 0 Å². The van der Waals surface area contributed by atoms with Gasteiger partial charge in [0.15, 0.2) is 5.82 Å². The van der Waals surface area contributed by atoms with E-state index < -0.39 is 0 Å². The number of esters is 1. The molecule has 0 fully saturated rings. The molecule has 6 nitrogen and oxygen atoms in total. The van der Waals surface area contributed by atoms with Crippen LogP contribution in [0, 0.1) is 5.92 Å². The first-order valence-corrected chi connectivity index (χ1v) is 9.50. The fraction of sp³-hybridized carbons (Fsp3) is 0.429. The molecule has 0 saturated carbocycles. The highest BCUT2D eigenvalue weighted by Crippen LogP contribution is 2.23. The van der Waals surface area contributed by atoms with Crippen LogP contribution < -0.4 is 5.73 Å². The largest absolute Gasteiger partial charge is 0.465 e. The SMILES string of the molecule is CCCCC(CC)COC(=O)Cc1ccc(N=Nc2ccccc2)c(N)n1.